The first-order valence-corrected chi connectivity index (χ1v) is 5.22. The summed E-state index contributed by atoms with van der Waals surface area (Å²) in [6, 6.07) is 7.17. The van der Waals surface area contributed by atoms with Crippen LogP contribution in [0.5, 0.6) is 0 Å². The number of benzene rings is 1. The predicted molar refractivity (Wildman–Crippen MR) is 69.5 cm³/mol. The molecule has 4 nitrogen and oxygen atoms in total. The number of hydrogen-bond donors (Lipinski definition) is 3. The van der Waals surface area contributed by atoms with E-state index in [9.17, 15) is 4.79 Å². The Morgan fingerprint density at radius 3 is 2.82 bits per heavy atom. The third kappa shape index (κ3) is 2.99. The average molecular weight is 255 g/mol. The van der Waals surface area contributed by atoms with Crippen molar-refractivity contribution in [1.29, 1.82) is 0 Å². The molecule has 1 unspecified atom stereocenters. The number of para-hydroxylation sites is 1. The van der Waals surface area contributed by atoms with E-state index in [1.54, 1.807) is 0 Å². The Morgan fingerprint density at radius 2 is 2.12 bits per heavy atom. The fraction of sp³-hybridized carbons (Fsp3) is 0.250. The molecular formula is C12H15ClN2O2. The topological polar surface area (TPSA) is 79.1 Å². The van der Waals surface area contributed by atoms with E-state index in [0.29, 0.717) is 12.8 Å². The summed E-state index contributed by atoms with van der Waals surface area (Å²) in [4.78, 5) is 13.7. The zero-order valence-electron chi connectivity index (χ0n) is 9.22. The lowest BCUT2D eigenvalue weighted by atomic mass is 10.1. The van der Waals surface area contributed by atoms with Gasteiger partial charge < -0.3 is 15.8 Å². The number of nitrogens with one attached hydrogen (secondary N) is 1. The summed E-state index contributed by atoms with van der Waals surface area (Å²) in [6.07, 6.45) is 3.05. The molecular weight excluding hydrogens is 240 g/mol. The van der Waals surface area contributed by atoms with E-state index in [1.165, 1.54) is 0 Å². The third-order valence-electron chi connectivity index (χ3n) is 2.72. The molecule has 4 N–H and O–H groups in total. The summed E-state index contributed by atoms with van der Waals surface area (Å²) >= 11 is 0. The predicted octanol–water partition coefficient (Wildman–Crippen LogP) is 1.93. The largest absolute Gasteiger partial charge is 0.480 e. The maximum Gasteiger partial charge on any atom is 0.320 e. The summed E-state index contributed by atoms with van der Waals surface area (Å²) in [5, 5.41) is 9.83. The van der Waals surface area contributed by atoms with E-state index in [0.717, 1.165) is 16.5 Å². The molecule has 0 bridgehead atoms. The van der Waals surface area contributed by atoms with E-state index in [1.807, 2.05) is 30.5 Å². The molecule has 17 heavy (non-hydrogen) atoms. The van der Waals surface area contributed by atoms with Gasteiger partial charge in [-0.2, -0.15) is 0 Å². The minimum absolute atomic E-state index is 0. The second-order valence-corrected chi connectivity index (χ2v) is 3.84. The van der Waals surface area contributed by atoms with Crippen molar-refractivity contribution in [1.82, 2.24) is 4.98 Å². The van der Waals surface area contributed by atoms with Crippen molar-refractivity contribution in [2.24, 2.45) is 5.73 Å². The molecule has 5 heteroatoms. The van der Waals surface area contributed by atoms with Crippen molar-refractivity contribution < 1.29 is 9.90 Å². The van der Waals surface area contributed by atoms with Crippen LogP contribution in [0, 0.1) is 0 Å². The van der Waals surface area contributed by atoms with Crippen molar-refractivity contribution in [3.8, 4) is 0 Å². The summed E-state index contributed by atoms with van der Waals surface area (Å²) in [6.45, 7) is 0. The van der Waals surface area contributed by atoms with Gasteiger partial charge in [0.15, 0.2) is 0 Å². The number of aliphatic carboxylic acids is 1. The first-order chi connectivity index (χ1) is 7.68. The van der Waals surface area contributed by atoms with Crippen LogP contribution in [0.4, 0.5) is 0 Å². The van der Waals surface area contributed by atoms with Crippen LogP contribution >= 0.6 is 12.4 Å². The minimum Gasteiger partial charge on any atom is -0.480 e. The van der Waals surface area contributed by atoms with Gasteiger partial charge in [-0.1, -0.05) is 18.2 Å². The van der Waals surface area contributed by atoms with Gasteiger partial charge in [-0.15, -0.1) is 12.4 Å². The lowest BCUT2D eigenvalue weighted by Crippen LogP contribution is -2.30. The summed E-state index contributed by atoms with van der Waals surface area (Å²) < 4.78 is 0. The van der Waals surface area contributed by atoms with Crippen molar-refractivity contribution in [2.45, 2.75) is 18.9 Å². The number of aromatic nitrogens is 1. The van der Waals surface area contributed by atoms with Gasteiger partial charge in [0.1, 0.15) is 6.04 Å². The molecule has 0 aliphatic carbocycles. The van der Waals surface area contributed by atoms with Crippen LogP contribution in [0.15, 0.2) is 30.5 Å². The number of hydrogen-bond acceptors (Lipinski definition) is 2. The Labute approximate surface area is 105 Å². The summed E-state index contributed by atoms with van der Waals surface area (Å²) in [7, 11) is 0. The van der Waals surface area contributed by atoms with Crippen molar-refractivity contribution in [2.75, 3.05) is 0 Å². The van der Waals surface area contributed by atoms with E-state index >= 15 is 0 Å². The molecule has 2 rings (SSSR count). The van der Waals surface area contributed by atoms with Crippen LogP contribution in [0.2, 0.25) is 0 Å². The lowest BCUT2D eigenvalue weighted by molar-refractivity contribution is -0.138. The molecule has 1 aromatic carbocycles. The van der Waals surface area contributed by atoms with Gasteiger partial charge in [0.05, 0.1) is 0 Å². The van der Waals surface area contributed by atoms with Crippen LogP contribution < -0.4 is 5.73 Å². The van der Waals surface area contributed by atoms with Crippen LogP contribution in [-0.2, 0) is 11.2 Å². The average Bonchev–Trinajstić information content (AvgIpc) is 2.69. The highest BCUT2D eigenvalue weighted by Crippen LogP contribution is 2.19. The van der Waals surface area contributed by atoms with Crippen LogP contribution in [0.25, 0.3) is 10.9 Å². The van der Waals surface area contributed by atoms with Gasteiger partial charge in [-0.3, -0.25) is 4.79 Å². The number of aryl methyl sites for hydroxylation is 1. The lowest BCUT2D eigenvalue weighted by Gasteiger charge is -2.04. The Balaban J connectivity index is 0.00000144. The molecule has 2 aromatic rings. The molecule has 0 spiro atoms. The number of aromatic amines is 1. The van der Waals surface area contributed by atoms with Gasteiger partial charge in [0.25, 0.3) is 0 Å². The normalized spacial score (nSPS) is 12.1. The summed E-state index contributed by atoms with van der Waals surface area (Å²) in [5.41, 5.74) is 7.66. The minimum atomic E-state index is -0.945. The van der Waals surface area contributed by atoms with Gasteiger partial charge in [-0.25, -0.2) is 0 Å². The number of halogens is 1. The molecule has 0 aliphatic heterocycles. The number of carboxylic acids is 1. The van der Waals surface area contributed by atoms with Crippen molar-refractivity contribution in [3.05, 3.63) is 36.0 Å². The number of carbonyl (C=O) groups is 1. The number of carboxylic acid groups (broad SMARTS) is 1. The van der Waals surface area contributed by atoms with Crippen molar-refractivity contribution >= 4 is 29.3 Å². The van der Waals surface area contributed by atoms with Gasteiger partial charge in [0, 0.05) is 17.1 Å². The molecule has 0 aliphatic rings. The molecule has 0 fully saturated rings. The zero-order chi connectivity index (χ0) is 11.5. The van der Waals surface area contributed by atoms with E-state index in [-0.39, 0.29) is 12.4 Å². The highest BCUT2D eigenvalue weighted by atomic mass is 35.5. The molecule has 92 valence electrons. The third-order valence-corrected chi connectivity index (χ3v) is 2.72. The first-order valence-electron chi connectivity index (χ1n) is 5.22. The highest BCUT2D eigenvalue weighted by molar-refractivity contribution is 5.85. The Bertz CT molecular complexity index is 510. The van der Waals surface area contributed by atoms with Crippen molar-refractivity contribution in [3.63, 3.8) is 0 Å². The Kier molecular flexibility index (Phi) is 4.54. The molecule has 1 atom stereocenters. The fourth-order valence-electron chi connectivity index (χ4n) is 1.77. The van der Waals surface area contributed by atoms with E-state index in [4.69, 9.17) is 10.8 Å². The molecule has 0 saturated carbocycles. The molecule has 1 aromatic heterocycles. The quantitative estimate of drug-likeness (QED) is 0.780. The van der Waals surface area contributed by atoms with Crippen LogP contribution in [0.3, 0.4) is 0 Å². The molecule has 0 amide bonds. The highest BCUT2D eigenvalue weighted by Gasteiger charge is 2.12. The first kappa shape index (κ1) is 13.5. The summed E-state index contributed by atoms with van der Waals surface area (Å²) in [5.74, 6) is -0.945. The molecule has 1 heterocycles. The number of fused-ring (bicyclic) bond motifs is 1. The van der Waals surface area contributed by atoms with Gasteiger partial charge >= 0.3 is 5.97 Å². The van der Waals surface area contributed by atoms with Crippen LogP contribution in [-0.4, -0.2) is 22.1 Å². The fourth-order valence-corrected chi connectivity index (χ4v) is 1.77. The van der Waals surface area contributed by atoms with Gasteiger partial charge in [0.2, 0.25) is 0 Å². The number of H-pyrrole nitrogens is 1. The molecule has 0 radical (unpaired) electrons. The van der Waals surface area contributed by atoms with Crippen LogP contribution in [0.1, 0.15) is 12.0 Å². The Morgan fingerprint density at radius 1 is 1.41 bits per heavy atom. The SMILES string of the molecule is Cl.NC(CCc1c[nH]c2ccccc12)C(=O)O. The van der Waals surface area contributed by atoms with Gasteiger partial charge in [-0.05, 0) is 24.5 Å². The molecule has 0 saturated heterocycles. The second kappa shape index (κ2) is 5.70. The zero-order valence-corrected chi connectivity index (χ0v) is 10.0. The maximum atomic E-state index is 10.6. The smallest absolute Gasteiger partial charge is 0.320 e. The maximum absolute atomic E-state index is 10.6. The Hall–Kier alpha value is -1.52. The van der Waals surface area contributed by atoms with E-state index < -0.39 is 12.0 Å². The second-order valence-electron chi connectivity index (χ2n) is 3.84. The number of nitrogens with two attached hydrogens (primary N) is 1. The van der Waals surface area contributed by atoms with E-state index in [2.05, 4.69) is 4.98 Å². The monoisotopic (exact) mass is 254 g/mol. The standard InChI is InChI=1S/C12H14N2O2.ClH/c13-10(12(15)16)6-5-8-7-14-11-4-2-1-3-9(8)11;/h1-4,7,10,14H,5-6,13H2,(H,15,16);1H. The number of rotatable bonds is 4.